The lowest BCUT2D eigenvalue weighted by molar-refractivity contribution is 0.0889. The summed E-state index contributed by atoms with van der Waals surface area (Å²) in [5.41, 5.74) is 0.985. The van der Waals surface area contributed by atoms with E-state index in [0.717, 1.165) is 5.56 Å². The topological polar surface area (TPSA) is 31.4 Å². The van der Waals surface area contributed by atoms with Crippen molar-refractivity contribution in [2.75, 3.05) is 13.7 Å². The molecule has 0 aliphatic rings. The molecule has 0 radical (unpaired) electrons. The Morgan fingerprint density at radius 2 is 2.29 bits per heavy atom. The summed E-state index contributed by atoms with van der Waals surface area (Å²) in [4.78, 5) is 4.11. The maximum atomic E-state index is 5.63. The van der Waals surface area contributed by atoms with Crippen LogP contribution in [-0.2, 0) is 10.6 Å². The molecule has 0 saturated heterocycles. The Morgan fingerprint density at radius 3 is 2.79 bits per heavy atom. The molecular weight excluding hydrogens is 202 g/mol. The quantitative estimate of drug-likeness (QED) is 0.706. The van der Waals surface area contributed by atoms with Crippen LogP contribution in [0.2, 0.25) is 0 Å². The van der Waals surface area contributed by atoms with Gasteiger partial charge in [-0.25, -0.2) is 4.98 Å². The second kappa shape index (κ2) is 5.83. The predicted octanol–water partition coefficient (Wildman–Crippen LogP) is 2.23. The molecule has 14 heavy (non-hydrogen) atoms. The highest BCUT2D eigenvalue weighted by molar-refractivity contribution is 6.17. The van der Waals surface area contributed by atoms with Crippen LogP contribution in [0.4, 0.5) is 0 Å². The Balaban J connectivity index is 2.50. The van der Waals surface area contributed by atoms with Crippen LogP contribution in [0.5, 0.6) is 5.88 Å². The van der Waals surface area contributed by atoms with Crippen molar-refractivity contribution in [3.63, 3.8) is 0 Å². The number of aromatic nitrogens is 1. The van der Waals surface area contributed by atoms with E-state index in [1.807, 2.05) is 19.1 Å². The lowest BCUT2D eigenvalue weighted by atomic mass is 10.3. The summed E-state index contributed by atoms with van der Waals surface area (Å²) in [6, 6.07) is 3.71. The van der Waals surface area contributed by atoms with Gasteiger partial charge in [-0.2, -0.15) is 0 Å². The largest absolute Gasteiger partial charge is 0.472 e. The fourth-order valence-electron chi connectivity index (χ4n) is 1.03. The Hall–Kier alpha value is -0.800. The predicted molar refractivity (Wildman–Crippen MR) is 55.8 cm³/mol. The summed E-state index contributed by atoms with van der Waals surface area (Å²) in [6.45, 7) is 2.49. The minimum atomic E-state index is 0.00866. The number of hydrogen-bond acceptors (Lipinski definition) is 3. The van der Waals surface area contributed by atoms with Crippen molar-refractivity contribution in [2.45, 2.75) is 18.9 Å². The number of methoxy groups -OCH3 is 1. The fraction of sp³-hybridized carbons (Fsp3) is 0.500. The molecule has 1 heterocycles. The van der Waals surface area contributed by atoms with E-state index in [-0.39, 0.29) is 6.10 Å². The van der Waals surface area contributed by atoms with Crippen molar-refractivity contribution in [1.29, 1.82) is 0 Å². The third-order valence-corrected chi connectivity index (χ3v) is 1.98. The van der Waals surface area contributed by atoms with E-state index >= 15 is 0 Å². The van der Waals surface area contributed by atoms with Crippen LogP contribution < -0.4 is 4.74 Å². The summed E-state index contributed by atoms with van der Waals surface area (Å²) in [5.74, 6) is 1.07. The number of nitrogens with zero attached hydrogens (tertiary/aromatic N) is 1. The van der Waals surface area contributed by atoms with E-state index in [0.29, 0.717) is 18.4 Å². The minimum Gasteiger partial charge on any atom is -0.472 e. The Kier molecular flexibility index (Phi) is 4.70. The normalized spacial score (nSPS) is 12.5. The standard InChI is InChI=1S/C10H14ClNO2/c1-8(7-13-2)14-10-4-3-9(5-11)6-12-10/h3-4,6,8H,5,7H2,1-2H3. The summed E-state index contributed by atoms with van der Waals surface area (Å²) < 4.78 is 10.4. The number of rotatable bonds is 5. The zero-order valence-corrected chi connectivity index (χ0v) is 9.12. The van der Waals surface area contributed by atoms with Crippen LogP contribution in [0.3, 0.4) is 0 Å². The molecule has 1 unspecified atom stereocenters. The SMILES string of the molecule is COCC(C)Oc1ccc(CCl)cn1. The Labute approximate surface area is 89.0 Å². The lowest BCUT2D eigenvalue weighted by Gasteiger charge is -2.12. The van der Waals surface area contributed by atoms with Crippen molar-refractivity contribution >= 4 is 11.6 Å². The second-order valence-electron chi connectivity index (χ2n) is 3.02. The summed E-state index contributed by atoms with van der Waals surface area (Å²) in [6.07, 6.45) is 1.72. The van der Waals surface area contributed by atoms with Crippen LogP contribution in [0.15, 0.2) is 18.3 Å². The molecule has 0 aliphatic carbocycles. The number of alkyl halides is 1. The molecule has 0 N–H and O–H groups in total. The monoisotopic (exact) mass is 215 g/mol. The zero-order chi connectivity index (χ0) is 10.4. The van der Waals surface area contributed by atoms with Gasteiger partial charge in [0.1, 0.15) is 6.10 Å². The van der Waals surface area contributed by atoms with E-state index in [1.54, 1.807) is 13.3 Å². The first-order valence-electron chi connectivity index (χ1n) is 4.42. The third-order valence-electron chi connectivity index (χ3n) is 1.68. The molecule has 0 fully saturated rings. The molecule has 0 aliphatic heterocycles. The Bertz CT molecular complexity index is 263. The lowest BCUT2D eigenvalue weighted by Crippen LogP contribution is -2.18. The van der Waals surface area contributed by atoms with Gasteiger partial charge in [-0.15, -0.1) is 11.6 Å². The second-order valence-corrected chi connectivity index (χ2v) is 3.29. The average Bonchev–Trinajstić information content (AvgIpc) is 2.19. The molecule has 1 aromatic rings. The maximum Gasteiger partial charge on any atom is 0.213 e. The molecule has 1 aromatic heterocycles. The van der Waals surface area contributed by atoms with Crippen molar-refractivity contribution < 1.29 is 9.47 Å². The van der Waals surface area contributed by atoms with Crippen molar-refractivity contribution in [1.82, 2.24) is 4.98 Å². The van der Waals surface area contributed by atoms with Crippen LogP contribution in [-0.4, -0.2) is 24.8 Å². The van der Waals surface area contributed by atoms with Crippen LogP contribution in [0, 0.1) is 0 Å². The van der Waals surface area contributed by atoms with E-state index < -0.39 is 0 Å². The molecule has 0 bridgehead atoms. The van der Waals surface area contributed by atoms with Gasteiger partial charge < -0.3 is 9.47 Å². The third kappa shape index (κ3) is 3.52. The van der Waals surface area contributed by atoms with Crippen LogP contribution in [0.1, 0.15) is 12.5 Å². The van der Waals surface area contributed by atoms with Gasteiger partial charge >= 0.3 is 0 Å². The first kappa shape index (κ1) is 11.3. The maximum absolute atomic E-state index is 5.63. The highest BCUT2D eigenvalue weighted by Crippen LogP contribution is 2.10. The van der Waals surface area contributed by atoms with Gasteiger partial charge in [0, 0.05) is 25.3 Å². The molecule has 1 atom stereocenters. The summed E-state index contributed by atoms with van der Waals surface area (Å²) in [7, 11) is 1.64. The smallest absolute Gasteiger partial charge is 0.213 e. The van der Waals surface area contributed by atoms with E-state index in [1.165, 1.54) is 0 Å². The number of hydrogen-bond donors (Lipinski definition) is 0. The number of ether oxygens (including phenoxy) is 2. The van der Waals surface area contributed by atoms with Crippen molar-refractivity contribution in [3.05, 3.63) is 23.9 Å². The van der Waals surface area contributed by atoms with E-state index in [9.17, 15) is 0 Å². The molecule has 78 valence electrons. The van der Waals surface area contributed by atoms with Gasteiger partial charge in [-0.05, 0) is 12.5 Å². The van der Waals surface area contributed by atoms with Crippen molar-refractivity contribution in [2.24, 2.45) is 0 Å². The molecule has 3 nitrogen and oxygen atoms in total. The fourth-order valence-corrected chi connectivity index (χ4v) is 1.19. The van der Waals surface area contributed by atoms with Crippen LogP contribution >= 0.6 is 11.6 Å². The molecule has 0 amide bonds. The highest BCUT2D eigenvalue weighted by Gasteiger charge is 2.03. The molecule has 1 rings (SSSR count). The highest BCUT2D eigenvalue weighted by atomic mass is 35.5. The van der Waals surface area contributed by atoms with Gasteiger partial charge in [-0.1, -0.05) is 6.07 Å². The van der Waals surface area contributed by atoms with Gasteiger partial charge in [0.25, 0.3) is 0 Å². The van der Waals surface area contributed by atoms with Gasteiger partial charge in [0.05, 0.1) is 6.61 Å². The molecular formula is C10H14ClNO2. The number of halogens is 1. The van der Waals surface area contributed by atoms with Crippen molar-refractivity contribution in [3.8, 4) is 5.88 Å². The first-order chi connectivity index (χ1) is 6.76. The number of pyridine rings is 1. The summed E-state index contributed by atoms with van der Waals surface area (Å²) in [5, 5.41) is 0. The molecule has 0 spiro atoms. The minimum absolute atomic E-state index is 0.00866. The zero-order valence-electron chi connectivity index (χ0n) is 8.37. The molecule has 0 saturated carbocycles. The molecule has 0 aromatic carbocycles. The van der Waals surface area contributed by atoms with E-state index in [2.05, 4.69) is 4.98 Å². The average molecular weight is 216 g/mol. The first-order valence-corrected chi connectivity index (χ1v) is 4.96. The van der Waals surface area contributed by atoms with Gasteiger partial charge in [0.15, 0.2) is 0 Å². The van der Waals surface area contributed by atoms with Gasteiger partial charge in [0.2, 0.25) is 5.88 Å². The van der Waals surface area contributed by atoms with E-state index in [4.69, 9.17) is 21.1 Å². The van der Waals surface area contributed by atoms with Gasteiger partial charge in [-0.3, -0.25) is 0 Å². The summed E-state index contributed by atoms with van der Waals surface area (Å²) >= 11 is 5.63. The molecule has 4 heteroatoms. The van der Waals surface area contributed by atoms with Crippen LogP contribution in [0.25, 0.3) is 0 Å². The Morgan fingerprint density at radius 1 is 1.50 bits per heavy atom.